The number of ether oxygens (including phenoxy) is 1. The normalized spacial score (nSPS) is 16.5. The first kappa shape index (κ1) is 11.0. The van der Waals surface area contributed by atoms with Crippen LogP contribution >= 0.6 is 0 Å². The molecule has 1 aromatic rings. The van der Waals surface area contributed by atoms with Gasteiger partial charge in [0.05, 0.1) is 23.9 Å². The first-order valence-corrected chi connectivity index (χ1v) is 5.59. The van der Waals surface area contributed by atoms with Crippen LogP contribution in [0.5, 0.6) is 0 Å². The molecular weight excluding hydrogens is 200 g/mol. The Hall–Kier alpha value is -1.53. The molecule has 0 radical (unpaired) electrons. The van der Waals surface area contributed by atoms with Crippen LogP contribution in [-0.2, 0) is 4.74 Å². The average molecular weight is 216 g/mol. The van der Waals surface area contributed by atoms with Crippen LogP contribution < -0.4 is 5.32 Å². The largest absolute Gasteiger partial charge is 0.383 e. The highest BCUT2D eigenvalue weighted by atomic mass is 16.5. The molecule has 2 rings (SSSR count). The van der Waals surface area contributed by atoms with Gasteiger partial charge in [0.15, 0.2) is 0 Å². The summed E-state index contributed by atoms with van der Waals surface area (Å²) in [7, 11) is 1.72. The monoisotopic (exact) mass is 216 g/mol. The van der Waals surface area contributed by atoms with Gasteiger partial charge in [-0.15, -0.1) is 0 Å². The van der Waals surface area contributed by atoms with Gasteiger partial charge in [-0.05, 0) is 30.9 Å². The van der Waals surface area contributed by atoms with Gasteiger partial charge < -0.3 is 10.1 Å². The first-order valence-electron chi connectivity index (χ1n) is 5.59. The molecule has 0 spiro atoms. The maximum atomic E-state index is 8.99. The molecule has 1 unspecified atom stereocenters. The molecule has 16 heavy (non-hydrogen) atoms. The SMILES string of the molecule is COCC(Nc1ccccc1C#N)C1CC1. The lowest BCUT2D eigenvalue weighted by Crippen LogP contribution is -2.27. The summed E-state index contributed by atoms with van der Waals surface area (Å²) in [6, 6.07) is 10.1. The third-order valence-electron chi connectivity index (χ3n) is 2.93. The number of nitrogens with one attached hydrogen (secondary N) is 1. The number of rotatable bonds is 5. The lowest BCUT2D eigenvalue weighted by molar-refractivity contribution is 0.179. The van der Waals surface area contributed by atoms with Crippen molar-refractivity contribution in [3.05, 3.63) is 29.8 Å². The summed E-state index contributed by atoms with van der Waals surface area (Å²) in [4.78, 5) is 0. The van der Waals surface area contributed by atoms with E-state index in [9.17, 15) is 0 Å². The molecule has 1 aromatic carbocycles. The Bertz CT molecular complexity index is 393. The van der Waals surface area contributed by atoms with Gasteiger partial charge in [0.1, 0.15) is 6.07 Å². The number of nitrogens with zero attached hydrogens (tertiary/aromatic N) is 1. The zero-order valence-corrected chi connectivity index (χ0v) is 9.44. The van der Waals surface area contributed by atoms with Crippen LogP contribution in [0.1, 0.15) is 18.4 Å². The zero-order chi connectivity index (χ0) is 11.4. The third-order valence-corrected chi connectivity index (χ3v) is 2.93. The molecule has 0 heterocycles. The molecular formula is C13H16N2O. The molecule has 0 amide bonds. The number of anilines is 1. The Kier molecular flexibility index (Phi) is 3.43. The Morgan fingerprint density at radius 3 is 2.88 bits per heavy atom. The highest BCUT2D eigenvalue weighted by Gasteiger charge is 2.31. The van der Waals surface area contributed by atoms with E-state index < -0.39 is 0 Å². The van der Waals surface area contributed by atoms with E-state index in [2.05, 4.69) is 11.4 Å². The predicted molar refractivity (Wildman–Crippen MR) is 63.2 cm³/mol. The minimum Gasteiger partial charge on any atom is -0.383 e. The summed E-state index contributed by atoms with van der Waals surface area (Å²) >= 11 is 0. The van der Waals surface area contributed by atoms with Gasteiger partial charge in [0.2, 0.25) is 0 Å². The predicted octanol–water partition coefficient (Wildman–Crippen LogP) is 2.40. The first-order chi connectivity index (χ1) is 7.85. The quantitative estimate of drug-likeness (QED) is 0.822. The maximum Gasteiger partial charge on any atom is 0.101 e. The molecule has 1 aliphatic rings. The highest BCUT2D eigenvalue weighted by Crippen LogP contribution is 2.34. The van der Waals surface area contributed by atoms with Crippen molar-refractivity contribution in [3.8, 4) is 6.07 Å². The molecule has 1 saturated carbocycles. The van der Waals surface area contributed by atoms with Gasteiger partial charge >= 0.3 is 0 Å². The van der Waals surface area contributed by atoms with Crippen molar-refractivity contribution in [2.45, 2.75) is 18.9 Å². The third kappa shape index (κ3) is 2.53. The molecule has 1 atom stereocenters. The Morgan fingerprint density at radius 2 is 2.25 bits per heavy atom. The fraction of sp³-hybridized carbons (Fsp3) is 0.462. The number of benzene rings is 1. The van der Waals surface area contributed by atoms with E-state index in [0.29, 0.717) is 24.1 Å². The van der Waals surface area contributed by atoms with Crippen molar-refractivity contribution in [2.24, 2.45) is 5.92 Å². The molecule has 84 valence electrons. The van der Waals surface area contributed by atoms with E-state index in [0.717, 1.165) is 5.69 Å². The van der Waals surface area contributed by atoms with E-state index in [1.165, 1.54) is 12.8 Å². The molecule has 1 fully saturated rings. The van der Waals surface area contributed by atoms with Crippen molar-refractivity contribution in [2.75, 3.05) is 19.0 Å². The summed E-state index contributed by atoms with van der Waals surface area (Å²) in [5.74, 6) is 0.701. The summed E-state index contributed by atoms with van der Waals surface area (Å²) in [6.07, 6.45) is 2.52. The van der Waals surface area contributed by atoms with Crippen LogP contribution in [0.25, 0.3) is 0 Å². The van der Waals surface area contributed by atoms with Crippen LogP contribution in [0.4, 0.5) is 5.69 Å². The van der Waals surface area contributed by atoms with Crippen molar-refractivity contribution in [1.82, 2.24) is 0 Å². The smallest absolute Gasteiger partial charge is 0.101 e. The standard InChI is InChI=1S/C13H16N2O/c1-16-9-13(10-6-7-10)15-12-5-3-2-4-11(12)8-14/h2-5,10,13,15H,6-7,9H2,1H3. The Morgan fingerprint density at radius 1 is 1.50 bits per heavy atom. The van der Waals surface area contributed by atoms with Crippen LogP contribution in [0.2, 0.25) is 0 Å². The van der Waals surface area contributed by atoms with Crippen LogP contribution in [0.15, 0.2) is 24.3 Å². The second-order valence-electron chi connectivity index (χ2n) is 4.20. The number of methoxy groups -OCH3 is 1. The molecule has 3 heteroatoms. The van der Waals surface area contributed by atoms with Crippen LogP contribution in [0, 0.1) is 17.2 Å². The number of nitriles is 1. The maximum absolute atomic E-state index is 8.99. The molecule has 0 saturated heterocycles. The van der Waals surface area contributed by atoms with Gasteiger partial charge in [0, 0.05) is 7.11 Å². The molecule has 1 N–H and O–H groups in total. The fourth-order valence-corrected chi connectivity index (χ4v) is 1.88. The highest BCUT2D eigenvalue weighted by molar-refractivity contribution is 5.57. The average Bonchev–Trinajstić information content (AvgIpc) is 3.13. The molecule has 1 aliphatic carbocycles. The van der Waals surface area contributed by atoms with Gasteiger partial charge in [-0.1, -0.05) is 12.1 Å². The molecule has 0 aliphatic heterocycles. The fourth-order valence-electron chi connectivity index (χ4n) is 1.88. The van der Waals surface area contributed by atoms with Crippen LogP contribution in [0.3, 0.4) is 0 Å². The topological polar surface area (TPSA) is 45.0 Å². The Labute approximate surface area is 96.0 Å². The molecule has 0 bridgehead atoms. The van der Waals surface area contributed by atoms with E-state index >= 15 is 0 Å². The second kappa shape index (κ2) is 5.00. The summed E-state index contributed by atoms with van der Waals surface area (Å²) in [5.41, 5.74) is 1.61. The van der Waals surface area contributed by atoms with Gasteiger partial charge in [-0.3, -0.25) is 0 Å². The minimum absolute atomic E-state index is 0.333. The van der Waals surface area contributed by atoms with Crippen molar-refractivity contribution < 1.29 is 4.74 Å². The second-order valence-corrected chi connectivity index (χ2v) is 4.20. The van der Waals surface area contributed by atoms with E-state index in [-0.39, 0.29) is 0 Å². The van der Waals surface area contributed by atoms with Gasteiger partial charge in [-0.25, -0.2) is 0 Å². The van der Waals surface area contributed by atoms with Gasteiger partial charge in [-0.2, -0.15) is 5.26 Å². The zero-order valence-electron chi connectivity index (χ0n) is 9.44. The number of para-hydroxylation sites is 1. The van der Waals surface area contributed by atoms with E-state index in [1.807, 2.05) is 24.3 Å². The summed E-state index contributed by atoms with van der Waals surface area (Å²) in [5, 5.41) is 12.4. The minimum atomic E-state index is 0.333. The van der Waals surface area contributed by atoms with E-state index in [1.54, 1.807) is 7.11 Å². The Balaban J connectivity index is 2.09. The lowest BCUT2D eigenvalue weighted by atomic mass is 10.1. The number of hydrogen-bond donors (Lipinski definition) is 1. The summed E-state index contributed by atoms with van der Waals surface area (Å²) < 4.78 is 5.21. The van der Waals surface area contributed by atoms with Crippen molar-refractivity contribution in [3.63, 3.8) is 0 Å². The van der Waals surface area contributed by atoms with Gasteiger partial charge in [0.25, 0.3) is 0 Å². The van der Waals surface area contributed by atoms with Crippen molar-refractivity contribution in [1.29, 1.82) is 5.26 Å². The number of hydrogen-bond acceptors (Lipinski definition) is 3. The molecule has 3 nitrogen and oxygen atoms in total. The van der Waals surface area contributed by atoms with E-state index in [4.69, 9.17) is 10.00 Å². The lowest BCUT2D eigenvalue weighted by Gasteiger charge is -2.19. The summed E-state index contributed by atoms with van der Waals surface area (Å²) in [6.45, 7) is 0.699. The molecule has 0 aromatic heterocycles. The van der Waals surface area contributed by atoms with Crippen molar-refractivity contribution >= 4 is 5.69 Å². The van der Waals surface area contributed by atoms with Crippen LogP contribution in [-0.4, -0.2) is 19.8 Å².